The van der Waals surface area contributed by atoms with Crippen molar-refractivity contribution in [3.63, 3.8) is 0 Å². The molecule has 2 aromatic rings. The lowest BCUT2D eigenvalue weighted by atomic mass is 9.90. The first-order chi connectivity index (χ1) is 12.0. The minimum absolute atomic E-state index is 0.0882. The Morgan fingerprint density at radius 2 is 1.72 bits per heavy atom. The predicted octanol–water partition coefficient (Wildman–Crippen LogP) is 2.68. The molecule has 1 aliphatic rings. The summed E-state index contributed by atoms with van der Waals surface area (Å²) in [6.45, 7) is 0.525. The number of hydrogen-bond acceptors (Lipinski definition) is 3. The quantitative estimate of drug-likeness (QED) is 0.858. The second-order valence-corrected chi connectivity index (χ2v) is 8.20. The predicted molar refractivity (Wildman–Crippen MR) is 97.0 cm³/mol. The van der Waals surface area contributed by atoms with E-state index in [0.717, 1.165) is 12.0 Å². The molecule has 1 heterocycles. The third kappa shape index (κ3) is 4.39. The number of amides is 1. The van der Waals surface area contributed by atoms with Gasteiger partial charge in [0.05, 0.1) is 4.90 Å². The van der Waals surface area contributed by atoms with Gasteiger partial charge in [-0.05, 0) is 48.6 Å². The van der Waals surface area contributed by atoms with E-state index >= 15 is 0 Å². The second-order valence-electron chi connectivity index (χ2n) is 6.05. The first-order valence-electron chi connectivity index (χ1n) is 8.06. The Bertz CT molecular complexity index is 838. The Morgan fingerprint density at radius 1 is 1.04 bits per heavy atom. The number of benzene rings is 2. The van der Waals surface area contributed by atoms with Crippen molar-refractivity contribution in [2.75, 3.05) is 6.54 Å². The number of hydrogen-bond donors (Lipinski definition) is 2. The first kappa shape index (κ1) is 17.9. The molecule has 7 heteroatoms. The summed E-state index contributed by atoms with van der Waals surface area (Å²) in [5.41, 5.74) is 1.11. The molecule has 2 unspecified atom stereocenters. The number of carbonyl (C=O) groups is 1. The summed E-state index contributed by atoms with van der Waals surface area (Å²) in [4.78, 5) is 12.4. The van der Waals surface area contributed by atoms with Crippen molar-refractivity contribution in [3.05, 3.63) is 65.2 Å². The van der Waals surface area contributed by atoms with Crippen molar-refractivity contribution in [2.24, 2.45) is 0 Å². The maximum Gasteiger partial charge on any atom is 0.241 e. The zero-order valence-corrected chi connectivity index (χ0v) is 15.1. The Balaban J connectivity index is 1.81. The van der Waals surface area contributed by atoms with Crippen molar-refractivity contribution in [1.82, 2.24) is 10.0 Å². The molecule has 0 bridgehead atoms. The summed E-state index contributed by atoms with van der Waals surface area (Å²) < 4.78 is 27.7. The number of halogens is 1. The monoisotopic (exact) mass is 378 g/mol. The summed E-state index contributed by atoms with van der Waals surface area (Å²) in [6.07, 6.45) is 1.19. The molecule has 1 aliphatic heterocycles. The van der Waals surface area contributed by atoms with Gasteiger partial charge < -0.3 is 5.32 Å². The van der Waals surface area contributed by atoms with Gasteiger partial charge in [-0.15, -0.1) is 0 Å². The normalized spacial score (nSPS) is 21.4. The maximum absolute atomic E-state index is 12.6. The molecule has 5 nitrogen and oxygen atoms in total. The molecule has 3 rings (SSSR count). The van der Waals surface area contributed by atoms with Crippen LogP contribution in [0.25, 0.3) is 0 Å². The first-order valence-corrected chi connectivity index (χ1v) is 9.92. The van der Waals surface area contributed by atoms with E-state index in [0.29, 0.717) is 18.0 Å². The van der Waals surface area contributed by atoms with Crippen LogP contribution in [0, 0.1) is 0 Å². The molecule has 1 fully saturated rings. The smallest absolute Gasteiger partial charge is 0.241 e. The van der Waals surface area contributed by atoms with E-state index in [1.807, 2.05) is 30.3 Å². The van der Waals surface area contributed by atoms with Gasteiger partial charge in [0.1, 0.15) is 6.04 Å². The number of sulfonamides is 1. The van der Waals surface area contributed by atoms with Gasteiger partial charge in [0.15, 0.2) is 0 Å². The Labute approximate surface area is 152 Å². The van der Waals surface area contributed by atoms with Crippen LogP contribution < -0.4 is 10.0 Å². The van der Waals surface area contributed by atoms with Crippen LogP contribution in [0.4, 0.5) is 0 Å². The van der Waals surface area contributed by atoms with Gasteiger partial charge in [0.2, 0.25) is 15.9 Å². The number of carbonyl (C=O) groups excluding carboxylic acids is 1. The van der Waals surface area contributed by atoms with E-state index in [9.17, 15) is 13.2 Å². The zero-order valence-electron chi connectivity index (χ0n) is 13.5. The third-order valence-corrected chi connectivity index (χ3v) is 6.06. The molecular formula is C18H19ClN2O3S. The van der Waals surface area contributed by atoms with Crippen LogP contribution in [-0.4, -0.2) is 26.9 Å². The molecule has 132 valence electrons. The van der Waals surface area contributed by atoms with Crippen LogP contribution in [0.3, 0.4) is 0 Å². The van der Waals surface area contributed by atoms with E-state index < -0.39 is 16.1 Å². The minimum Gasteiger partial charge on any atom is -0.355 e. The molecule has 2 N–H and O–H groups in total. The van der Waals surface area contributed by atoms with Crippen LogP contribution in [0.2, 0.25) is 5.02 Å². The van der Waals surface area contributed by atoms with Gasteiger partial charge in [-0.2, -0.15) is 4.72 Å². The minimum atomic E-state index is -3.80. The van der Waals surface area contributed by atoms with Gasteiger partial charge >= 0.3 is 0 Å². The molecule has 1 amide bonds. The zero-order chi connectivity index (χ0) is 17.9. The van der Waals surface area contributed by atoms with E-state index in [1.54, 1.807) is 0 Å². The van der Waals surface area contributed by atoms with Gasteiger partial charge in [0.25, 0.3) is 0 Å². The highest BCUT2D eigenvalue weighted by Crippen LogP contribution is 2.27. The standard InChI is InChI=1S/C18H19ClN2O3S/c19-15-6-8-16(9-7-15)25(23,24)21-17-12-14(10-11-20-18(17)22)13-4-2-1-3-5-13/h1-9,14,17,21H,10-12H2,(H,20,22). The highest BCUT2D eigenvalue weighted by Gasteiger charge is 2.31. The molecule has 25 heavy (non-hydrogen) atoms. The lowest BCUT2D eigenvalue weighted by Gasteiger charge is -2.20. The largest absolute Gasteiger partial charge is 0.355 e. The second kappa shape index (κ2) is 7.56. The van der Waals surface area contributed by atoms with Gasteiger partial charge in [-0.1, -0.05) is 41.9 Å². The molecule has 0 spiro atoms. The molecule has 0 aromatic heterocycles. The van der Waals surface area contributed by atoms with Gasteiger partial charge in [0, 0.05) is 11.6 Å². The fourth-order valence-corrected chi connectivity index (χ4v) is 4.34. The van der Waals surface area contributed by atoms with Crippen molar-refractivity contribution in [3.8, 4) is 0 Å². The Kier molecular flexibility index (Phi) is 5.42. The summed E-state index contributed by atoms with van der Waals surface area (Å²) in [5.74, 6) is -0.186. The fourth-order valence-electron chi connectivity index (χ4n) is 3.00. The van der Waals surface area contributed by atoms with Crippen LogP contribution in [0.1, 0.15) is 24.3 Å². The number of rotatable bonds is 4. The van der Waals surface area contributed by atoms with Gasteiger partial charge in [-0.3, -0.25) is 4.79 Å². The van der Waals surface area contributed by atoms with Crippen LogP contribution in [-0.2, 0) is 14.8 Å². The van der Waals surface area contributed by atoms with Gasteiger partial charge in [-0.25, -0.2) is 8.42 Å². The van der Waals surface area contributed by atoms with E-state index in [-0.39, 0.29) is 16.7 Å². The number of nitrogens with one attached hydrogen (secondary N) is 2. The van der Waals surface area contributed by atoms with Crippen molar-refractivity contribution < 1.29 is 13.2 Å². The molecule has 0 aliphatic carbocycles. The van der Waals surface area contributed by atoms with Crippen molar-refractivity contribution in [2.45, 2.75) is 29.7 Å². The molecule has 0 saturated carbocycles. The Hall–Kier alpha value is -1.89. The summed E-state index contributed by atoms with van der Waals surface area (Å²) in [6, 6.07) is 14.9. The maximum atomic E-state index is 12.6. The average Bonchev–Trinajstić information content (AvgIpc) is 2.78. The lowest BCUT2D eigenvalue weighted by molar-refractivity contribution is -0.122. The third-order valence-electron chi connectivity index (χ3n) is 4.32. The SMILES string of the molecule is O=C1NCCC(c2ccccc2)CC1NS(=O)(=O)c1ccc(Cl)cc1. The van der Waals surface area contributed by atoms with E-state index in [2.05, 4.69) is 10.0 Å². The van der Waals surface area contributed by atoms with Crippen molar-refractivity contribution >= 4 is 27.5 Å². The molecule has 2 atom stereocenters. The lowest BCUT2D eigenvalue weighted by Crippen LogP contribution is -2.45. The van der Waals surface area contributed by atoms with Crippen molar-refractivity contribution in [1.29, 1.82) is 0 Å². The molecule has 1 saturated heterocycles. The van der Waals surface area contributed by atoms with E-state index in [4.69, 9.17) is 11.6 Å². The Morgan fingerprint density at radius 3 is 2.40 bits per heavy atom. The summed E-state index contributed by atoms with van der Waals surface area (Å²) in [5, 5.41) is 3.24. The molecule has 0 radical (unpaired) electrons. The molecule has 2 aromatic carbocycles. The highest BCUT2D eigenvalue weighted by atomic mass is 35.5. The van der Waals surface area contributed by atoms with E-state index in [1.165, 1.54) is 24.3 Å². The van der Waals surface area contributed by atoms with Crippen LogP contribution in [0.5, 0.6) is 0 Å². The summed E-state index contributed by atoms with van der Waals surface area (Å²) >= 11 is 5.81. The summed E-state index contributed by atoms with van der Waals surface area (Å²) in [7, 11) is -3.80. The average molecular weight is 379 g/mol. The topological polar surface area (TPSA) is 75.3 Å². The highest BCUT2D eigenvalue weighted by molar-refractivity contribution is 7.89. The van der Waals surface area contributed by atoms with Crippen LogP contribution >= 0.6 is 11.6 Å². The fraction of sp³-hybridized carbons (Fsp3) is 0.278. The molecular weight excluding hydrogens is 360 g/mol. The van der Waals surface area contributed by atoms with Crippen LogP contribution in [0.15, 0.2) is 59.5 Å².